The molecule has 0 fully saturated rings. The Balaban J connectivity index is 2.42. The van der Waals surface area contributed by atoms with Gasteiger partial charge in [0.1, 0.15) is 6.54 Å². The van der Waals surface area contributed by atoms with Gasteiger partial charge in [0.15, 0.2) is 0 Å². The smallest absolute Gasteiger partial charge is 0.323 e. The minimum Gasteiger partial charge on any atom is -0.480 e. The van der Waals surface area contributed by atoms with Gasteiger partial charge < -0.3 is 15.7 Å². The average molecular weight is 242 g/mol. The Morgan fingerprint density at radius 1 is 1.50 bits per heavy atom. The SMILES string of the molecule is Cc1ccc(C(C)NC(=O)NCC(=O)O)s1. The minimum atomic E-state index is -1.06. The number of aryl methyl sites for hydroxylation is 1. The van der Waals surface area contributed by atoms with Gasteiger partial charge in [0.25, 0.3) is 0 Å². The molecule has 1 rings (SSSR count). The van der Waals surface area contributed by atoms with E-state index in [2.05, 4.69) is 10.6 Å². The molecule has 0 saturated carbocycles. The Bertz CT molecular complexity index is 389. The Labute approximate surface area is 97.5 Å². The van der Waals surface area contributed by atoms with E-state index in [4.69, 9.17) is 5.11 Å². The molecule has 1 heterocycles. The van der Waals surface area contributed by atoms with E-state index in [0.29, 0.717) is 0 Å². The Kier molecular flexibility index (Phi) is 4.30. The number of rotatable bonds is 4. The molecule has 0 aromatic carbocycles. The molecule has 1 aromatic rings. The number of carboxylic acid groups (broad SMARTS) is 1. The van der Waals surface area contributed by atoms with Crippen molar-refractivity contribution in [3.05, 3.63) is 21.9 Å². The van der Waals surface area contributed by atoms with Crippen molar-refractivity contribution in [2.45, 2.75) is 19.9 Å². The summed E-state index contributed by atoms with van der Waals surface area (Å²) in [6.45, 7) is 3.47. The second kappa shape index (κ2) is 5.50. The second-order valence-corrected chi connectivity index (χ2v) is 4.71. The molecule has 0 aliphatic carbocycles. The fourth-order valence-corrected chi connectivity index (χ4v) is 2.04. The van der Waals surface area contributed by atoms with Crippen LogP contribution in [-0.4, -0.2) is 23.7 Å². The summed E-state index contributed by atoms with van der Waals surface area (Å²) in [5.41, 5.74) is 0. The van der Waals surface area contributed by atoms with E-state index in [1.54, 1.807) is 11.3 Å². The molecule has 88 valence electrons. The van der Waals surface area contributed by atoms with E-state index in [9.17, 15) is 9.59 Å². The summed E-state index contributed by atoms with van der Waals surface area (Å²) in [7, 11) is 0. The van der Waals surface area contributed by atoms with Crippen molar-refractivity contribution < 1.29 is 14.7 Å². The van der Waals surface area contributed by atoms with E-state index < -0.39 is 12.0 Å². The second-order valence-electron chi connectivity index (χ2n) is 3.39. The fraction of sp³-hybridized carbons (Fsp3) is 0.400. The number of carboxylic acids is 1. The van der Waals surface area contributed by atoms with Gasteiger partial charge in [-0.15, -0.1) is 11.3 Å². The van der Waals surface area contributed by atoms with Crippen LogP contribution in [0, 0.1) is 6.92 Å². The number of thiophene rings is 1. The summed E-state index contributed by atoms with van der Waals surface area (Å²) < 4.78 is 0. The third-order valence-corrected chi connectivity index (χ3v) is 3.12. The van der Waals surface area contributed by atoms with Crippen LogP contribution in [0.5, 0.6) is 0 Å². The highest BCUT2D eigenvalue weighted by molar-refractivity contribution is 7.12. The predicted molar refractivity (Wildman–Crippen MR) is 61.6 cm³/mol. The number of carbonyl (C=O) groups excluding carboxylic acids is 1. The number of aliphatic carboxylic acids is 1. The zero-order chi connectivity index (χ0) is 12.1. The van der Waals surface area contributed by atoms with Crippen LogP contribution in [0.4, 0.5) is 4.79 Å². The van der Waals surface area contributed by atoms with Gasteiger partial charge in [-0.3, -0.25) is 4.79 Å². The number of amides is 2. The lowest BCUT2D eigenvalue weighted by atomic mass is 10.3. The monoisotopic (exact) mass is 242 g/mol. The molecule has 16 heavy (non-hydrogen) atoms. The molecule has 5 nitrogen and oxygen atoms in total. The average Bonchev–Trinajstić information content (AvgIpc) is 2.62. The lowest BCUT2D eigenvalue weighted by Gasteiger charge is -2.12. The molecule has 0 radical (unpaired) electrons. The number of carbonyl (C=O) groups is 2. The molecular weight excluding hydrogens is 228 g/mol. The molecule has 3 N–H and O–H groups in total. The van der Waals surface area contributed by atoms with Crippen LogP contribution in [0.1, 0.15) is 22.7 Å². The van der Waals surface area contributed by atoms with Gasteiger partial charge in [-0.2, -0.15) is 0 Å². The zero-order valence-electron chi connectivity index (χ0n) is 9.11. The van der Waals surface area contributed by atoms with Crippen LogP contribution < -0.4 is 10.6 Å². The van der Waals surface area contributed by atoms with Crippen LogP contribution in [-0.2, 0) is 4.79 Å². The highest BCUT2D eigenvalue weighted by atomic mass is 32.1. The molecule has 0 spiro atoms. The van der Waals surface area contributed by atoms with Crippen LogP contribution in [0.25, 0.3) is 0 Å². The number of urea groups is 1. The van der Waals surface area contributed by atoms with Crippen LogP contribution in [0.15, 0.2) is 12.1 Å². The fourth-order valence-electron chi connectivity index (χ4n) is 1.16. The molecule has 1 aromatic heterocycles. The molecular formula is C10H14N2O3S. The first-order valence-corrected chi connectivity index (χ1v) is 5.63. The summed E-state index contributed by atoms with van der Waals surface area (Å²) in [6, 6.07) is 3.34. The maximum Gasteiger partial charge on any atom is 0.323 e. The summed E-state index contributed by atoms with van der Waals surface area (Å²) in [4.78, 5) is 23.7. The number of hydrogen-bond acceptors (Lipinski definition) is 3. The van der Waals surface area contributed by atoms with Crippen molar-refractivity contribution in [2.24, 2.45) is 0 Å². The lowest BCUT2D eigenvalue weighted by molar-refractivity contribution is -0.135. The van der Waals surface area contributed by atoms with Crippen molar-refractivity contribution in [1.29, 1.82) is 0 Å². The van der Waals surface area contributed by atoms with Gasteiger partial charge in [-0.25, -0.2) is 4.79 Å². The van der Waals surface area contributed by atoms with Crippen molar-refractivity contribution in [3.8, 4) is 0 Å². The minimum absolute atomic E-state index is 0.118. The first kappa shape index (κ1) is 12.5. The van der Waals surface area contributed by atoms with Crippen LogP contribution in [0.2, 0.25) is 0 Å². The Morgan fingerprint density at radius 2 is 2.19 bits per heavy atom. The maximum absolute atomic E-state index is 11.3. The Morgan fingerprint density at radius 3 is 2.69 bits per heavy atom. The maximum atomic E-state index is 11.3. The first-order chi connectivity index (χ1) is 7.49. The summed E-state index contributed by atoms with van der Waals surface area (Å²) in [5.74, 6) is -1.06. The van der Waals surface area contributed by atoms with Gasteiger partial charge in [0.2, 0.25) is 0 Å². The van der Waals surface area contributed by atoms with Gasteiger partial charge >= 0.3 is 12.0 Å². The topological polar surface area (TPSA) is 78.4 Å². The van der Waals surface area contributed by atoms with Crippen molar-refractivity contribution >= 4 is 23.3 Å². The standard InChI is InChI=1S/C10H14N2O3S/c1-6-3-4-8(16-6)7(2)12-10(15)11-5-9(13)14/h3-4,7H,5H2,1-2H3,(H,13,14)(H2,11,12,15). The quantitative estimate of drug-likeness (QED) is 0.748. The summed E-state index contributed by atoms with van der Waals surface area (Å²) in [6.07, 6.45) is 0. The van der Waals surface area contributed by atoms with E-state index in [-0.39, 0.29) is 12.6 Å². The number of hydrogen-bond donors (Lipinski definition) is 3. The molecule has 6 heteroatoms. The van der Waals surface area contributed by atoms with E-state index in [0.717, 1.165) is 4.88 Å². The molecule has 2 amide bonds. The van der Waals surface area contributed by atoms with Gasteiger partial charge in [-0.05, 0) is 26.0 Å². The first-order valence-electron chi connectivity index (χ1n) is 4.81. The molecule has 0 aliphatic heterocycles. The van der Waals surface area contributed by atoms with E-state index in [1.165, 1.54) is 4.88 Å². The van der Waals surface area contributed by atoms with Gasteiger partial charge in [0, 0.05) is 9.75 Å². The molecule has 1 unspecified atom stereocenters. The highest BCUT2D eigenvalue weighted by Crippen LogP contribution is 2.21. The zero-order valence-corrected chi connectivity index (χ0v) is 9.93. The van der Waals surface area contributed by atoms with Gasteiger partial charge in [-0.1, -0.05) is 0 Å². The van der Waals surface area contributed by atoms with Gasteiger partial charge in [0.05, 0.1) is 6.04 Å². The predicted octanol–water partition coefficient (Wildman–Crippen LogP) is 1.50. The molecule has 0 saturated heterocycles. The molecule has 0 bridgehead atoms. The lowest BCUT2D eigenvalue weighted by Crippen LogP contribution is -2.39. The Hall–Kier alpha value is -1.56. The summed E-state index contributed by atoms with van der Waals surface area (Å²) >= 11 is 1.60. The largest absolute Gasteiger partial charge is 0.480 e. The number of nitrogens with one attached hydrogen (secondary N) is 2. The van der Waals surface area contributed by atoms with E-state index in [1.807, 2.05) is 26.0 Å². The van der Waals surface area contributed by atoms with Crippen molar-refractivity contribution in [1.82, 2.24) is 10.6 Å². The van der Waals surface area contributed by atoms with Crippen LogP contribution in [0.3, 0.4) is 0 Å². The van der Waals surface area contributed by atoms with Crippen LogP contribution >= 0.6 is 11.3 Å². The highest BCUT2D eigenvalue weighted by Gasteiger charge is 2.11. The van der Waals surface area contributed by atoms with E-state index >= 15 is 0 Å². The molecule has 0 aliphatic rings. The van der Waals surface area contributed by atoms with Crippen molar-refractivity contribution in [2.75, 3.05) is 6.54 Å². The molecule has 1 atom stereocenters. The summed E-state index contributed by atoms with van der Waals surface area (Å²) in [5, 5.41) is 13.3. The third-order valence-electron chi connectivity index (χ3n) is 1.94. The van der Waals surface area contributed by atoms with Crippen molar-refractivity contribution in [3.63, 3.8) is 0 Å². The normalized spacial score (nSPS) is 11.9. The third kappa shape index (κ3) is 3.90.